The Labute approximate surface area is 306 Å². The number of morpholine rings is 1. The molecule has 4 aromatic rings. The van der Waals surface area contributed by atoms with E-state index in [0.717, 1.165) is 24.4 Å². The minimum atomic E-state index is -1.40. The Balaban J connectivity index is 1.17. The number of anilines is 3. The number of benzene rings is 4. The molecule has 52 heavy (non-hydrogen) atoms. The van der Waals surface area contributed by atoms with Crippen LogP contribution in [0.4, 0.5) is 17.1 Å². The van der Waals surface area contributed by atoms with Crippen LogP contribution in [0.5, 0.6) is 5.75 Å². The Morgan fingerprint density at radius 3 is 2.17 bits per heavy atom. The van der Waals surface area contributed by atoms with Crippen molar-refractivity contribution in [3.63, 3.8) is 0 Å². The van der Waals surface area contributed by atoms with Gasteiger partial charge in [-0.2, -0.15) is 0 Å². The summed E-state index contributed by atoms with van der Waals surface area (Å²) >= 11 is 6.40. The largest absolute Gasteiger partial charge is 0.508 e. The fourth-order valence-electron chi connectivity index (χ4n) is 9.71. The summed E-state index contributed by atoms with van der Waals surface area (Å²) in [6, 6.07) is 30.4. The van der Waals surface area contributed by atoms with Gasteiger partial charge in [-0.05, 0) is 84.5 Å². The lowest BCUT2D eigenvalue weighted by Crippen LogP contribution is -2.53. The van der Waals surface area contributed by atoms with E-state index in [4.69, 9.17) is 16.3 Å². The van der Waals surface area contributed by atoms with Gasteiger partial charge in [-0.3, -0.25) is 24.1 Å². The first-order chi connectivity index (χ1) is 25.3. The third kappa shape index (κ3) is 4.79. The summed E-state index contributed by atoms with van der Waals surface area (Å²) in [5.41, 5.74) is 2.66. The van der Waals surface area contributed by atoms with Gasteiger partial charge in [0, 0.05) is 29.7 Å². The minimum Gasteiger partial charge on any atom is -0.508 e. The number of phenols is 1. The van der Waals surface area contributed by atoms with Crippen molar-refractivity contribution in [2.24, 2.45) is 23.7 Å². The number of rotatable bonds is 5. The van der Waals surface area contributed by atoms with Crippen molar-refractivity contribution < 1.29 is 29.0 Å². The number of nitrogens with zero attached hydrogens (tertiary/aromatic N) is 3. The molecule has 0 bridgehead atoms. The zero-order valence-corrected chi connectivity index (χ0v) is 29.0. The number of imide groups is 2. The smallest absolute Gasteiger partial charge is 0.246 e. The lowest BCUT2D eigenvalue weighted by molar-refractivity contribution is -0.127. The molecule has 3 aliphatic heterocycles. The number of hydrogen-bond donors (Lipinski definition) is 1. The maximum atomic E-state index is 15.3. The molecule has 4 aromatic carbocycles. The minimum absolute atomic E-state index is 0.0240. The third-order valence-corrected chi connectivity index (χ3v) is 12.1. The number of allylic oxidation sites excluding steroid dienone is 2. The maximum Gasteiger partial charge on any atom is 0.246 e. The standard InChI is InChI=1S/C42H36ClN3O6/c43-27-9-5-10-30(23-27)46-39(49)35-24-34-32(37(25-6-4-11-31(47)22-25)42(35,41(46)51)26-7-2-1-3-8-26)16-17-33-36(34)40(50)45(38(33)48)29-14-12-28(13-15-29)44-18-20-52-21-19-44/h1-16,22-23,33-37,47H,17-21,24H2. The molecule has 262 valence electrons. The van der Waals surface area contributed by atoms with Gasteiger partial charge in [0.15, 0.2) is 0 Å². The van der Waals surface area contributed by atoms with E-state index in [0.29, 0.717) is 47.2 Å². The number of fused-ring (bicyclic) bond motifs is 4. The highest BCUT2D eigenvalue weighted by molar-refractivity contribution is 6.32. The maximum absolute atomic E-state index is 15.3. The molecule has 6 atom stereocenters. The molecular weight excluding hydrogens is 678 g/mol. The molecule has 5 aliphatic rings. The molecule has 1 saturated carbocycles. The van der Waals surface area contributed by atoms with Gasteiger partial charge in [0.05, 0.1) is 47.8 Å². The first kappa shape index (κ1) is 32.6. The van der Waals surface area contributed by atoms with Crippen LogP contribution in [0.1, 0.15) is 29.9 Å². The molecule has 0 radical (unpaired) electrons. The van der Waals surface area contributed by atoms with E-state index in [9.17, 15) is 19.5 Å². The lowest BCUT2D eigenvalue weighted by atomic mass is 9.49. The molecule has 1 N–H and O–H groups in total. The van der Waals surface area contributed by atoms with E-state index < -0.39 is 35.0 Å². The normalized spacial score (nSPS) is 28.4. The fraction of sp³-hybridized carbons (Fsp3) is 0.286. The first-order valence-corrected chi connectivity index (χ1v) is 18.2. The second-order valence-electron chi connectivity index (χ2n) is 14.3. The number of hydrogen-bond acceptors (Lipinski definition) is 7. The van der Waals surface area contributed by atoms with Gasteiger partial charge in [0.1, 0.15) is 5.75 Å². The molecule has 0 spiro atoms. The van der Waals surface area contributed by atoms with E-state index in [1.54, 1.807) is 42.5 Å². The van der Waals surface area contributed by atoms with Gasteiger partial charge in [-0.1, -0.05) is 71.8 Å². The molecule has 9 nitrogen and oxygen atoms in total. The number of ether oxygens (including phenoxy) is 1. The average Bonchev–Trinajstić information content (AvgIpc) is 3.56. The Morgan fingerprint density at radius 1 is 0.712 bits per heavy atom. The molecule has 4 fully saturated rings. The summed E-state index contributed by atoms with van der Waals surface area (Å²) in [5, 5.41) is 11.2. The second-order valence-corrected chi connectivity index (χ2v) is 14.8. The predicted molar refractivity (Wildman–Crippen MR) is 196 cm³/mol. The van der Waals surface area contributed by atoms with Gasteiger partial charge >= 0.3 is 0 Å². The predicted octanol–water partition coefficient (Wildman–Crippen LogP) is 6.25. The molecule has 9 rings (SSSR count). The molecule has 3 heterocycles. The van der Waals surface area contributed by atoms with Crippen LogP contribution in [0.15, 0.2) is 115 Å². The molecule has 0 aromatic heterocycles. The zero-order chi connectivity index (χ0) is 35.7. The van der Waals surface area contributed by atoms with Crippen LogP contribution in [0.25, 0.3) is 0 Å². The van der Waals surface area contributed by atoms with Crippen molar-refractivity contribution in [1.82, 2.24) is 0 Å². The first-order valence-electron chi connectivity index (χ1n) is 17.8. The molecule has 2 aliphatic carbocycles. The van der Waals surface area contributed by atoms with Crippen molar-refractivity contribution in [3.05, 3.63) is 131 Å². The molecular formula is C42H36ClN3O6. The van der Waals surface area contributed by atoms with Crippen LogP contribution >= 0.6 is 11.6 Å². The van der Waals surface area contributed by atoms with Crippen LogP contribution in [0.2, 0.25) is 5.02 Å². The number of carbonyl (C=O) groups excluding carboxylic acids is 4. The topological polar surface area (TPSA) is 107 Å². The van der Waals surface area contributed by atoms with Crippen LogP contribution in [-0.2, 0) is 29.3 Å². The Hall–Kier alpha value is -5.25. The van der Waals surface area contributed by atoms with Crippen molar-refractivity contribution in [2.45, 2.75) is 24.2 Å². The summed E-state index contributed by atoms with van der Waals surface area (Å²) in [6.07, 6.45) is 2.54. The van der Waals surface area contributed by atoms with E-state index in [1.807, 2.05) is 66.7 Å². The number of phenolic OH excluding ortho intramolecular Hbond substituents is 1. The highest BCUT2D eigenvalue weighted by Crippen LogP contribution is 2.64. The van der Waals surface area contributed by atoms with Gasteiger partial charge < -0.3 is 14.7 Å². The molecule has 6 unspecified atom stereocenters. The van der Waals surface area contributed by atoms with Gasteiger partial charge in [-0.15, -0.1) is 0 Å². The van der Waals surface area contributed by atoms with Crippen molar-refractivity contribution >= 4 is 52.3 Å². The summed E-state index contributed by atoms with van der Waals surface area (Å²) in [4.78, 5) is 63.7. The van der Waals surface area contributed by atoms with Crippen LogP contribution < -0.4 is 14.7 Å². The van der Waals surface area contributed by atoms with Crippen molar-refractivity contribution in [1.29, 1.82) is 0 Å². The summed E-state index contributed by atoms with van der Waals surface area (Å²) < 4.78 is 5.49. The molecule has 4 amide bonds. The highest BCUT2D eigenvalue weighted by atomic mass is 35.5. The van der Waals surface area contributed by atoms with E-state index in [2.05, 4.69) is 4.90 Å². The van der Waals surface area contributed by atoms with E-state index in [-0.39, 0.29) is 35.8 Å². The summed E-state index contributed by atoms with van der Waals surface area (Å²) in [7, 11) is 0. The quantitative estimate of drug-likeness (QED) is 0.193. The number of amides is 4. The highest BCUT2D eigenvalue weighted by Gasteiger charge is 2.70. The number of aromatic hydroxyl groups is 1. The molecule has 10 heteroatoms. The Bertz CT molecular complexity index is 2150. The SMILES string of the molecule is O=C1C2CC=C3C(CC4C(=O)N(c5cccc(Cl)c5)C(=O)C4(c4ccccc4)C3c3cccc(O)c3)C2C(=O)N1c1ccc(N2CCOCC2)cc1. The van der Waals surface area contributed by atoms with E-state index >= 15 is 4.79 Å². The molecule has 3 saturated heterocycles. The van der Waals surface area contributed by atoms with Gasteiger partial charge in [0.2, 0.25) is 23.6 Å². The monoisotopic (exact) mass is 713 g/mol. The van der Waals surface area contributed by atoms with Gasteiger partial charge in [0.25, 0.3) is 0 Å². The Kier molecular flexibility index (Phi) is 7.82. The van der Waals surface area contributed by atoms with Gasteiger partial charge in [-0.25, -0.2) is 4.90 Å². The van der Waals surface area contributed by atoms with Crippen LogP contribution in [0.3, 0.4) is 0 Å². The Morgan fingerprint density at radius 2 is 1.44 bits per heavy atom. The fourth-order valence-corrected chi connectivity index (χ4v) is 9.90. The van der Waals surface area contributed by atoms with Crippen LogP contribution in [-0.4, -0.2) is 55.0 Å². The third-order valence-electron chi connectivity index (χ3n) is 11.9. The van der Waals surface area contributed by atoms with Crippen LogP contribution in [0, 0.1) is 23.7 Å². The average molecular weight is 714 g/mol. The summed E-state index contributed by atoms with van der Waals surface area (Å²) in [5.74, 6) is -4.71. The summed E-state index contributed by atoms with van der Waals surface area (Å²) in [6.45, 7) is 2.82. The van der Waals surface area contributed by atoms with Crippen molar-refractivity contribution in [2.75, 3.05) is 41.0 Å². The van der Waals surface area contributed by atoms with Crippen molar-refractivity contribution in [3.8, 4) is 5.75 Å². The lowest BCUT2D eigenvalue weighted by Gasteiger charge is -2.50. The van der Waals surface area contributed by atoms with E-state index in [1.165, 1.54) is 9.80 Å². The number of carbonyl (C=O) groups is 4. The second kappa shape index (κ2) is 12.5. The number of halogens is 1. The zero-order valence-electron chi connectivity index (χ0n) is 28.2.